The van der Waals surface area contributed by atoms with Crippen LogP contribution < -0.4 is 11.1 Å². The quantitative estimate of drug-likeness (QED) is 0.748. The number of nitrogens with zero attached hydrogens (tertiary/aromatic N) is 2. The molecule has 1 amide bonds. The van der Waals surface area contributed by atoms with Crippen LogP contribution in [0.3, 0.4) is 0 Å². The first-order valence-corrected chi connectivity index (χ1v) is 8.42. The molecular weight excluding hydrogens is 340 g/mol. The highest BCUT2D eigenvalue weighted by atomic mass is 35.5. The van der Waals surface area contributed by atoms with Gasteiger partial charge in [-0.15, -0.1) is 12.4 Å². The van der Waals surface area contributed by atoms with Crippen molar-refractivity contribution in [1.29, 1.82) is 0 Å². The minimum Gasteiger partial charge on any atom is -0.344 e. The molecule has 0 aliphatic heterocycles. The zero-order chi connectivity index (χ0) is 17.6. The van der Waals surface area contributed by atoms with E-state index in [1.165, 1.54) is 0 Å². The van der Waals surface area contributed by atoms with Gasteiger partial charge in [0.2, 0.25) is 11.8 Å². The largest absolute Gasteiger partial charge is 0.344 e. The van der Waals surface area contributed by atoms with E-state index in [0.717, 1.165) is 5.56 Å². The van der Waals surface area contributed by atoms with Crippen molar-refractivity contribution < 1.29 is 9.32 Å². The van der Waals surface area contributed by atoms with Crippen LogP contribution in [-0.4, -0.2) is 22.6 Å². The number of hydrogen-bond donors (Lipinski definition) is 2. The molecule has 25 heavy (non-hydrogen) atoms. The monoisotopic (exact) mass is 366 g/mol. The topological polar surface area (TPSA) is 94.0 Å². The Labute approximate surface area is 155 Å². The number of halogens is 1. The van der Waals surface area contributed by atoms with E-state index in [4.69, 9.17) is 10.3 Å². The van der Waals surface area contributed by atoms with Crippen molar-refractivity contribution in [3.8, 4) is 0 Å². The zero-order valence-electron chi connectivity index (χ0n) is 15.0. The van der Waals surface area contributed by atoms with E-state index in [2.05, 4.69) is 15.5 Å². The summed E-state index contributed by atoms with van der Waals surface area (Å²) in [5.74, 6) is 0.950. The third kappa shape index (κ3) is 5.03. The number of rotatable bonds is 8. The average Bonchev–Trinajstić information content (AvgIpc) is 3.06. The number of carbonyl (C=O) groups is 1. The van der Waals surface area contributed by atoms with E-state index in [1.54, 1.807) is 0 Å². The first-order valence-electron chi connectivity index (χ1n) is 8.42. The van der Waals surface area contributed by atoms with Crippen LogP contribution >= 0.6 is 12.4 Å². The molecule has 0 radical (unpaired) electrons. The van der Waals surface area contributed by atoms with Crippen LogP contribution in [0.15, 0.2) is 34.9 Å². The van der Waals surface area contributed by atoms with Gasteiger partial charge in [0, 0.05) is 13.0 Å². The molecule has 2 aromatic rings. The molecule has 7 heteroatoms. The Morgan fingerprint density at radius 2 is 1.92 bits per heavy atom. The summed E-state index contributed by atoms with van der Waals surface area (Å²) >= 11 is 0. The van der Waals surface area contributed by atoms with Gasteiger partial charge in [0.25, 0.3) is 0 Å². The minimum absolute atomic E-state index is 0. The smallest absolute Gasteiger partial charge is 0.248 e. The molecule has 138 valence electrons. The number of carbonyl (C=O) groups excluding carboxylic acids is 1. The number of hydrogen-bond acceptors (Lipinski definition) is 5. The van der Waals surface area contributed by atoms with Crippen LogP contribution in [0.2, 0.25) is 0 Å². The van der Waals surface area contributed by atoms with Gasteiger partial charge in [-0.1, -0.05) is 49.3 Å². The van der Waals surface area contributed by atoms with Crippen molar-refractivity contribution in [3.05, 3.63) is 47.6 Å². The fourth-order valence-corrected chi connectivity index (χ4v) is 2.66. The molecule has 1 atom stereocenters. The average molecular weight is 367 g/mol. The lowest BCUT2D eigenvalue weighted by atomic mass is 9.81. The first-order chi connectivity index (χ1) is 11.5. The molecule has 0 aliphatic rings. The summed E-state index contributed by atoms with van der Waals surface area (Å²) < 4.78 is 5.31. The summed E-state index contributed by atoms with van der Waals surface area (Å²) in [6, 6.07) is 9.59. The Balaban J connectivity index is 0.00000312. The van der Waals surface area contributed by atoms with Crippen molar-refractivity contribution in [1.82, 2.24) is 15.5 Å². The molecule has 6 nitrogen and oxygen atoms in total. The van der Waals surface area contributed by atoms with E-state index >= 15 is 0 Å². The van der Waals surface area contributed by atoms with Crippen LogP contribution in [0.4, 0.5) is 0 Å². The molecule has 1 aromatic heterocycles. The van der Waals surface area contributed by atoms with Gasteiger partial charge >= 0.3 is 0 Å². The molecule has 1 heterocycles. The number of amides is 1. The van der Waals surface area contributed by atoms with E-state index in [-0.39, 0.29) is 24.4 Å². The van der Waals surface area contributed by atoms with E-state index in [9.17, 15) is 4.79 Å². The maximum Gasteiger partial charge on any atom is 0.248 e. The van der Waals surface area contributed by atoms with Gasteiger partial charge in [0.1, 0.15) is 6.04 Å². The molecule has 0 saturated carbocycles. The molecule has 2 rings (SSSR count). The van der Waals surface area contributed by atoms with E-state index in [1.807, 2.05) is 51.1 Å². The first kappa shape index (κ1) is 21.1. The summed E-state index contributed by atoms with van der Waals surface area (Å²) in [4.78, 5) is 17.0. The van der Waals surface area contributed by atoms with Crippen molar-refractivity contribution in [2.45, 2.75) is 46.1 Å². The van der Waals surface area contributed by atoms with E-state index < -0.39 is 5.41 Å². The second-order valence-corrected chi connectivity index (χ2v) is 6.10. The van der Waals surface area contributed by atoms with Gasteiger partial charge in [0.15, 0.2) is 5.82 Å². The Morgan fingerprint density at radius 1 is 1.28 bits per heavy atom. The molecule has 0 bridgehead atoms. The Morgan fingerprint density at radius 3 is 2.48 bits per heavy atom. The lowest BCUT2D eigenvalue weighted by Gasteiger charge is -2.29. The second-order valence-electron chi connectivity index (χ2n) is 6.10. The number of aromatic nitrogens is 2. The fourth-order valence-electron chi connectivity index (χ4n) is 2.66. The molecule has 0 fully saturated rings. The lowest BCUT2D eigenvalue weighted by Crippen LogP contribution is -2.46. The van der Waals surface area contributed by atoms with Crippen LogP contribution in [0, 0.1) is 5.41 Å². The summed E-state index contributed by atoms with van der Waals surface area (Å²) in [6.45, 7) is 6.11. The fraction of sp³-hybridized carbons (Fsp3) is 0.500. The van der Waals surface area contributed by atoms with Gasteiger partial charge in [-0.2, -0.15) is 4.98 Å². The predicted octanol–water partition coefficient (Wildman–Crippen LogP) is 3.02. The summed E-state index contributed by atoms with van der Waals surface area (Å²) in [5, 5.41) is 6.95. The standard InChI is InChI=1S/C18H26N4O2.ClH/c1-4-18(5-2,12-19)17(23)20-13(3)16-21-15(22-24-16)11-14-9-7-6-8-10-14;/h6-10,13H,4-5,11-12,19H2,1-3H3,(H,20,23);1H. The molecule has 0 aliphatic carbocycles. The molecule has 1 aromatic carbocycles. The van der Waals surface area contributed by atoms with Gasteiger partial charge in [-0.25, -0.2) is 0 Å². The Hall–Kier alpha value is -1.92. The third-order valence-corrected chi connectivity index (χ3v) is 4.63. The van der Waals surface area contributed by atoms with Gasteiger partial charge in [-0.05, 0) is 25.3 Å². The highest BCUT2D eigenvalue weighted by Crippen LogP contribution is 2.26. The maximum absolute atomic E-state index is 12.6. The second kappa shape index (κ2) is 9.53. The lowest BCUT2D eigenvalue weighted by molar-refractivity contribution is -0.131. The van der Waals surface area contributed by atoms with Crippen LogP contribution in [0.1, 0.15) is 56.9 Å². The Bertz CT molecular complexity index is 648. The maximum atomic E-state index is 12.6. The number of nitrogens with one attached hydrogen (secondary N) is 1. The van der Waals surface area contributed by atoms with Crippen molar-refractivity contribution in [3.63, 3.8) is 0 Å². The van der Waals surface area contributed by atoms with Crippen molar-refractivity contribution >= 4 is 18.3 Å². The third-order valence-electron chi connectivity index (χ3n) is 4.63. The van der Waals surface area contributed by atoms with Crippen molar-refractivity contribution in [2.75, 3.05) is 6.54 Å². The molecule has 0 saturated heterocycles. The highest BCUT2D eigenvalue weighted by molar-refractivity contribution is 5.85. The van der Waals surface area contributed by atoms with Crippen LogP contribution in [-0.2, 0) is 11.2 Å². The van der Waals surface area contributed by atoms with E-state index in [0.29, 0.717) is 37.5 Å². The van der Waals surface area contributed by atoms with Crippen molar-refractivity contribution in [2.24, 2.45) is 11.1 Å². The summed E-state index contributed by atoms with van der Waals surface area (Å²) in [5.41, 5.74) is 6.39. The number of benzene rings is 1. The van der Waals surface area contributed by atoms with Gasteiger partial charge in [-0.3, -0.25) is 4.79 Å². The Kier molecular flexibility index (Phi) is 8.06. The zero-order valence-corrected chi connectivity index (χ0v) is 15.8. The van der Waals surface area contributed by atoms with Gasteiger partial charge < -0.3 is 15.6 Å². The van der Waals surface area contributed by atoms with Crippen LogP contribution in [0.25, 0.3) is 0 Å². The van der Waals surface area contributed by atoms with Gasteiger partial charge in [0.05, 0.1) is 5.41 Å². The predicted molar refractivity (Wildman–Crippen MR) is 99.4 cm³/mol. The van der Waals surface area contributed by atoms with Crippen LogP contribution in [0.5, 0.6) is 0 Å². The highest BCUT2D eigenvalue weighted by Gasteiger charge is 2.34. The molecular formula is C18H27ClN4O2. The summed E-state index contributed by atoms with van der Waals surface area (Å²) in [6.07, 6.45) is 1.99. The molecule has 0 spiro atoms. The molecule has 3 N–H and O–H groups in total. The SMILES string of the molecule is CCC(CC)(CN)C(=O)NC(C)c1nc(Cc2ccccc2)no1.Cl. The number of nitrogens with two attached hydrogens (primary N) is 1. The summed E-state index contributed by atoms with van der Waals surface area (Å²) in [7, 11) is 0. The normalized spacial score (nSPS) is 12.3. The minimum atomic E-state index is -0.541. The molecule has 1 unspecified atom stereocenters.